The highest BCUT2D eigenvalue weighted by molar-refractivity contribution is 6.33. The minimum Gasteiger partial charge on any atom is -0.497 e. The Labute approximate surface area is 184 Å². The summed E-state index contributed by atoms with van der Waals surface area (Å²) < 4.78 is 5.22. The quantitative estimate of drug-likeness (QED) is 0.664. The normalized spacial score (nSPS) is 15.0. The molecule has 1 aliphatic heterocycles. The molecule has 0 aliphatic carbocycles. The first kappa shape index (κ1) is 22.2. The van der Waals surface area contributed by atoms with Gasteiger partial charge in [-0.3, -0.25) is 0 Å². The van der Waals surface area contributed by atoms with Gasteiger partial charge in [0.05, 0.1) is 23.9 Å². The fraction of sp³-hybridized carbons (Fsp3) is 0.435. The molecule has 0 radical (unpaired) electrons. The van der Waals surface area contributed by atoms with E-state index >= 15 is 0 Å². The monoisotopic (exact) mass is 430 g/mol. The van der Waals surface area contributed by atoms with Crippen molar-refractivity contribution in [3.8, 4) is 5.75 Å². The van der Waals surface area contributed by atoms with E-state index in [1.54, 1.807) is 7.11 Å². The number of carbonyl (C=O) groups is 1. The number of halogens is 1. The molecule has 1 heterocycles. The molecule has 2 N–H and O–H groups in total. The smallest absolute Gasteiger partial charge is 0.319 e. The van der Waals surface area contributed by atoms with Crippen LogP contribution >= 0.6 is 11.6 Å². The van der Waals surface area contributed by atoms with E-state index in [4.69, 9.17) is 16.3 Å². The second kappa shape index (κ2) is 10.5. The summed E-state index contributed by atoms with van der Waals surface area (Å²) in [7, 11) is 5.64. The lowest BCUT2D eigenvalue weighted by atomic mass is 10.1. The van der Waals surface area contributed by atoms with Crippen molar-refractivity contribution in [2.75, 3.05) is 51.1 Å². The summed E-state index contributed by atoms with van der Waals surface area (Å²) in [6.45, 7) is 2.54. The van der Waals surface area contributed by atoms with E-state index in [0.29, 0.717) is 17.3 Å². The van der Waals surface area contributed by atoms with Crippen molar-refractivity contribution in [1.29, 1.82) is 0 Å². The number of ether oxygens (including phenoxy) is 1. The molecule has 2 aromatic carbocycles. The zero-order valence-electron chi connectivity index (χ0n) is 18.0. The van der Waals surface area contributed by atoms with Crippen molar-refractivity contribution < 1.29 is 9.53 Å². The highest BCUT2D eigenvalue weighted by Crippen LogP contribution is 2.30. The number of urea groups is 1. The van der Waals surface area contributed by atoms with Crippen molar-refractivity contribution in [3.63, 3.8) is 0 Å². The van der Waals surface area contributed by atoms with Crippen molar-refractivity contribution in [1.82, 2.24) is 10.2 Å². The number of hydrogen-bond acceptors (Lipinski definition) is 4. The summed E-state index contributed by atoms with van der Waals surface area (Å²) in [6, 6.07) is 13.4. The Kier molecular flexibility index (Phi) is 7.82. The molecule has 162 valence electrons. The fourth-order valence-electron chi connectivity index (χ4n) is 3.77. The highest BCUT2D eigenvalue weighted by Gasteiger charge is 2.17. The average molecular weight is 431 g/mol. The summed E-state index contributed by atoms with van der Waals surface area (Å²) in [5.74, 6) is 0.812. The molecule has 3 rings (SSSR count). The number of rotatable bonds is 7. The maximum absolute atomic E-state index is 12.5. The summed E-state index contributed by atoms with van der Waals surface area (Å²) in [5, 5.41) is 6.51. The van der Waals surface area contributed by atoms with Gasteiger partial charge in [-0.05, 0) is 69.3 Å². The molecule has 1 atom stereocenters. The van der Waals surface area contributed by atoms with Gasteiger partial charge in [0.1, 0.15) is 5.75 Å². The second-order valence-corrected chi connectivity index (χ2v) is 8.21. The minimum atomic E-state index is -0.253. The molecule has 1 aliphatic rings. The van der Waals surface area contributed by atoms with E-state index in [1.165, 1.54) is 19.3 Å². The third-order valence-corrected chi connectivity index (χ3v) is 5.78. The standard InChI is InChI=1S/C23H31ClN4O2/c1-27(2)22(17-7-10-19(30-3)11-8-17)16-25-23(29)26-18-9-12-21(20(24)15-18)28-13-5-4-6-14-28/h7-12,15,22H,4-6,13-14,16H2,1-3H3,(H2,25,26,29). The number of benzene rings is 2. The topological polar surface area (TPSA) is 56.8 Å². The average Bonchev–Trinajstić information content (AvgIpc) is 2.75. The largest absolute Gasteiger partial charge is 0.497 e. The third-order valence-electron chi connectivity index (χ3n) is 5.48. The van der Waals surface area contributed by atoms with E-state index in [-0.39, 0.29) is 12.1 Å². The molecular formula is C23H31ClN4O2. The van der Waals surface area contributed by atoms with Gasteiger partial charge in [-0.25, -0.2) is 4.79 Å². The van der Waals surface area contributed by atoms with Crippen LogP contribution in [-0.2, 0) is 0 Å². The molecule has 0 saturated carbocycles. The first-order chi connectivity index (χ1) is 14.5. The van der Waals surface area contributed by atoms with E-state index < -0.39 is 0 Å². The van der Waals surface area contributed by atoms with Crippen LogP contribution in [0.4, 0.5) is 16.2 Å². The molecule has 2 aromatic rings. The van der Waals surface area contributed by atoms with E-state index in [9.17, 15) is 4.79 Å². The molecule has 0 aromatic heterocycles. The van der Waals surface area contributed by atoms with Gasteiger partial charge in [0.2, 0.25) is 0 Å². The van der Waals surface area contributed by atoms with Gasteiger partial charge in [0.25, 0.3) is 0 Å². The van der Waals surface area contributed by atoms with Crippen molar-refractivity contribution in [2.45, 2.75) is 25.3 Å². The maximum atomic E-state index is 12.5. The van der Waals surface area contributed by atoms with E-state index in [1.807, 2.05) is 56.6 Å². The SMILES string of the molecule is COc1ccc(C(CNC(=O)Nc2ccc(N3CCCCC3)c(Cl)c2)N(C)C)cc1. The Morgan fingerprint density at radius 2 is 1.83 bits per heavy atom. The predicted molar refractivity (Wildman–Crippen MR) is 124 cm³/mol. The Hall–Kier alpha value is -2.44. The molecule has 1 saturated heterocycles. The number of methoxy groups -OCH3 is 1. The molecule has 7 heteroatoms. The molecule has 6 nitrogen and oxygen atoms in total. The first-order valence-corrected chi connectivity index (χ1v) is 10.8. The number of hydrogen-bond donors (Lipinski definition) is 2. The summed E-state index contributed by atoms with van der Waals surface area (Å²) in [6.07, 6.45) is 3.67. The summed E-state index contributed by atoms with van der Waals surface area (Å²) >= 11 is 6.49. The summed E-state index contributed by atoms with van der Waals surface area (Å²) in [4.78, 5) is 16.8. The molecular weight excluding hydrogens is 400 g/mol. The van der Waals surface area contributed by atoms with Gasteiger partial charge in [-0.15, -0.1) is 0 Å². The van der Waals surface area contributed by atoms with Crippen LogP contribution in [0.25, 0.3) is 0 Å². The number of anilines is 2. The maximum Gasteiger partial charge on any atom is 0.319 e. The van der Waals surface area contributed by atoms with Crippen LogP contribution in [0.1, 0.15) is 30.9 Å². The van der Waals surface area contributed by atoms with Crippen LogP contribution in [0.2, 0.25) is 5.02 Å². The van der Waals surface area contributed by atoms with Gasteiger partial charge in [0, 0.05) is 25.3 Å². The van der Waals surface area contributed by atoms with Crippen molar-refractivity contribution >= 4 is 29.0 Å². The van der Waals surface area contributed by atoms with Gasteiger partial charge >= 0.3 is 6.03 Å². The molecule has 2 amide bonds. The van der Waals surface area contributed by atoms with Gasteiger partial charge in [-0.2, -0.15) is 0 Å². The van der Waals surface area contributed by atoms with Crippen molar-refractivity contribution in [3.05, 3.63) is 53.1 Å². The number of nitrogens with zero attached hydrogens (tertiary/aromatic N) is 2. The van der Waals surface area contributed by atoms with Crippen LogP contribution in [0, 0.1) is 0 Å². The van der Waals surface area contributed by atoms with Crippen molar-refractivity contribution in [2.24, 2.45) is 0 Å². The van der Waals surface area contributed by atoms with E-state index in [2.05, 4.69) is 20.4 Å². The van der Waals surface area contributed by atoms with E-state index in [0.717, 1.165) is 30.1 Å². The predicted octanol–water partition coefficient (Wildman–Crippen LogP) is 4.76. The van der Waals surface area contributed by atoms with Gasteiger partial charge in [0.15, 0.2) is 0 Å². The zero-order chi connectivity index (χ0) is 21.5. The van der Waals surface area contributed by atoms with Crippen LogP contribution in [0.15, 0.2) is 42.5 Å². The van der Waals surface area contributed by atoms with Gasteiger partial charge < -0.3 is 25.2 Å². The Morgan fingerprint density at radius 1 is 1.13 bits per heavy atom. The molecule has 0 bridgehead atoms. The second-order valence-electron chi connectivity index (χ2n) is 7.80. The van der Waals surface area contributed by atoms with Crippen LogP contribution in [-0.4, -0.2) is 51.8 Å². The van der Waals surface area contributed by atoms with Crippen LogP contribution < -0.4 is 20.3 Å². The number of amides is 2. The Bertz CT molecular complexity index is 836. The zero-order valence-corrected chi connectivity index (χ0v) is 18.7. The molecule has 1 unspecified atom stereocenters. The molecule has 0 spiro atoms. The number of likely N-dealkylation sites (N-methyl/N-ethyl adjacent to an activating group) is 1. The lowest BCUT2D eigenvalue weighted by Crippen LogP contribution is -2.36. The molecule has 1 fully saturated rings. The number of piperidine rings is 1. The minimum absolute atomic E-state index is 0.0479. The number of carbonyl (C=O) groups excluding carboxylic acids is 1. The lowest BCUT2D eigenvalue weighted by molar-refractivity contribution is 0.243. The lowest BCUT2D eigenvalue weighted by Gasteiger charge is -2.29. The highest BCUT2D eigenvalue weighted by atomic mass is 35.5. The third kappa shape index (κ3) is 5.80. The first-order valence-electron chi connectivity index (χ1n) is 10.4. The van der Waals surface area contributed by atoms with Gasteiger partial charge in [-0.1, -0.05) is 23.7 Å². The van der Waals surface area contributed by atoms with Crippen LogP contribution in [0.5, 0.6) is 5.75 Å². The Morgan fingerprint density at radius 3 is 2.43 bits per heavy atom. The summed E-state index contributed by atoms with van der Waals surface area (Å²) in [5.41, 5.74) is 2.83. The van der Waals surface area contributed by atoms with Crippen LogP contribution in [0.3, 0.4) is 0 Å². The fourth-order valence-corrected chi connectivity index (χ4v) is 4.07. The Balaban J connectivity index is 1.57. The number of nitrogens with one attached hydrogen (secondary N) is 2. The molecule has 30 heavy (non-hydrogen) atoms.